The lowest BCUT2D eigenvalue weighted by molar-refractivity contribution is 0.0950. The number of anilines is 1. The van der Waals surface area contributed by atoms with Gasteiger partial charge in [-0.1, -0.05) is 29.8 Å². The summed E-state index contributed by atoms with van der Waals surface area (Å²) in [6.45, 7) is 2.34. The number of rotatable bonds is 4. The molecule has 0 aliphatic carbocycles. The van der Waals surface area contributed by atoms with Crippen molar-refractivity contribution in [3.63, 3.8) is 0 Å². The van der Waals surface area contributed by atoms with Crippen LogP contribution >= 0.6 is 0 Å². The molecule has 0 aliphatic rings. The second-order valence-corrected chi connectivity index (χ2v) is 4.85. The Hall–Kier alpha value is -2.43. The average Bonchev–Trinajstić information content (AvgIpc) is 2.43. The van der Waals surface area contributed by atoms with Crippen molar-refractivity contribution >= 4 is 11.6 Å². The predicted molar refractivity (Wildman–Crippen MR) is 78.0 cm³/mol. The first-order valence-corrected chi connectivity index (χ1v) is 6.55. The Kier molecular flexibility index (Phi) is 4.52. The first kappa shape index (κ1) is 15.0. The molecule has 0 heterocycles. The van der Waals surface area contributed by atoms with Crippen molar-refractivity contribution in [2.24, 2.45) is 0 Å². The van der Waals surface area contributed by atoms with E-state index < -0.39 is 17.5 Å². The number of nitrogen functional groups attached to an aromatic ring is 1. The molecule has 2 rings (SSSR count). The Bertz CT molecular complexity index is 671. The van der Waals surface area contributed by atoms with Gasteiger partial charge >= 0.3 is 0 Å². The van der Waals surface area contributed by atoms with Gasteiger partial charge in [0.25, 0.3) is 5.91 Å². The predicted octanol–water partition coefficient (Wildman–Crippen LogP) is 2.83. The molecule has 0 aliphatic heterocycles. The molecule has 0 fully saturated rings. The molecule has 0 aromatic heterocycles. The zero-order valence-electron chi connectivity index (χ0n) is 11.6. The highest BCUT2D eigenvalue weighted by Crippen LogP contribution is 2.16. The van der Waals surface area contributed by atoms with Crippen LogP contribution in [0.3, 0.4) is 0 Å². The van der Waals surface area contributed by atoms with Crippen molar-refractivity contribution in [1.29, 1.82) is 0 Å². The molecule has 0 radical (unpaired) electrons. The van der Waals surface area contributed by atoms with Crippen molar-refractivity contribution in [2.75, 3.05) is 12.3 Å². The number of hydrogen-bond acceptors (Lipinski definition) is 2. The minimum absolute atomic E-state index is 0.250. The lowest BCUT2D eigenvalue weighted by Crippen LogP contribution is -2.26. The lowest BCUT2D eigenvalue weighted by atomic mass is 10.1. The third-order valence-electron chi connectivity index (χ3n) is 3.11. The average molecular weight is 290 g/mol. The summed E-state index contributed by atoms with van der Waals surface area (Å²) >= 11 is 0. The molecule has 3 nitrogen and oxygen atoms in total. The fraction of sp³-hybridized carbons (Fsp3) is 0.188. The monoisotopic (exact) mass is 290 g/mol. The van der Waals surface area contributed by atoms with Crippen molar-refractivity contribution in [3.8, 4) is 0 Å². The number of aryl methyl sites for hydroxylation is 1. The van der Waals surface area contributed by atoms with E-state index in [9.17, 15) is 13.6 Å². The maximum atomic E-state index is 13.5. The van der Waals surface area contributed by atoms with Gasteiger partial charge in [-0.25, -0.2) is 8.78 Å². The van der Waals surface area contributed by atoms with E-state index in [-0.39, 0.29) is 11.3 Å². The van der Waals surface area contributed by atoms with Gasteiger partial charge < -0.3 is 11.1 Å². The van der Waals surface area contributed by atoms with Crippen LogP contribution in [0.2, 0.25) is 0 Å². The van der Waals surface area contributed by atoms with Gasteiger partial charge in [0.15, 0.2) is 0 Å². The minimum atomic E-state index is -0.922. The number of hydrogen-bond donors (Lipinski definition) is 2. The van der Waals surface area contributed by atoms with E-state index in [0.717, 1.165) is 17.2 Å². The van der Waals surface area contributed by atoms with Crippen molar-refractivity contribution < 1.29 is 13.6 Å². The summed E-state index contributed by atoms with van der Waals surface area (Å²) in [5.74, 6) is -2.40. The molecule has 0 spiro atoms. The van der Waals surface area contributed by atoms with Gasteiger partial charge in [0.1, 0.15) is 11.6 Å². The van der Waals surface area contributed by atoms with Crippen molar-refractivity contribution in [1.82, 2.24) is 5.32 Å². The summed E-state index contributed by atoms with van der Waals surface area (Å²) in [5, 5.41) is 2.60. The second kappa shape index (κ2) is 6.35. The number of carbonyl (C=O) groups is 1. The number of nitrogens with two attached hydrogens (primary N) is 1. The van der Waals surface area contributed by atoms with E-state index in [1.165, 1.54) is 0 Å². The molecule has 0 atom stereocenters. The minimum Gasteiger partial charge on any atom is -0.396 e. The maximum Gasteiger partial charge on any atom is 0.254 e. The van der Waals surface area contributed by atoms with Crippen LogP contribution in [-0.4, -0.2) is 12.5 Å². The largest absolute Gasteiger partial charge is 0.396 e. The molecule has 21 heavy (non-hydrogen) atoms. The van der Waals surface area contributed by atoms with E-state index in [0.29, 0.717) is 19.0 Å². The Morgan fingerprint density at radius 1 is 1.19 bits per heavy atom. The molecule has 3 N–H and O–H groups in total. The fourth-order valence-electron chi connectivity index (χ4n) is 2.02. The summed E-state index contributed by atoms with van der Waals surface area (Å²) < 4.78 is 26.6. The van der Waals surface area contributed by atoms with E-state index in [2.05, 4.69) is 5.32 Å². The van der Waals surface area contributed by atoms with Gasteiger partial charge in [0.2, 0.25) is 0 Å². The summed E-state index contributed by atoms with van der Waals surface area (Å²) in [6, 6.07) is 9.52. The quantitative estimate of drug-likeness (QED) is 0.851. The zero-order chi connectivity index (χ0) is 15.4. The molecule has 0 bridgehead atoms. The van der Waals surface area contributed by atoms with Crippen LogP contribution in [0.15, 0.2) is 36.4 Å². The highest BCUT2D eigenvalue weighted by molar-refractivity contribution is 5.95. The molecular weight excluding hydrogens is 274 g/mol. The van der Waals surface area contributed by atoms with Crippen LogP contribution < -0.4 is 11.1 Å². The number of carbonyl (C=O) groups excluding carboxylic acids is 1. The summed E-state index contributed by atoms with van der Waals surface area (Å²) in [4.78, 5) is 11.9. The standard InChI is InChI=1S/C16H16F2N2O/c1-10-3-2-4-11(7-10)5-6-20-16(21)12-8-15(19)14(18)9-13(12)17/h2-4,7-9H,5-6,19H2,1H3,(H,20,21). The van der Waals surface area contributed by atoms with Crippen LogP contribution in [0, 0.1) is 18.6 Å². The van der Waals surface area contributed by atoms with Gasteiger partial charge in [-0.3, -0.25) is 4.79 Å². The highest BCUT2D eigenvalue weighted by Gasteiger charge is 2.14. The lowest BCUT2D eigenvalue weighted by Gasteiger charge is -2.08. The Balaban J connectivity index is 1.98. The SMILES string of the molecule is Cc1cccc(CCNC(=O)c2cc(N)c(F)cc2F)c1. The first-order chi connectivity index (χ1) is 9.97. The normalized spacial score (nSPS) is 10.4. The summed E-state index contributed by atoms with van der Waals surface area (Å²) in [6.07, 6.45) is 0.631. The van der Waals surface area contributed by atoms with Gasteiger partial charge in [-0.2, -0.15) is 0 Å². The van der Waals surface area contributed by atoms with Crippen LogP contribution in [0.5, 0.6) is 0 Å². The molecule has 0 saturated heterocycles. The molecule has 110 valence electrons. The van der Waals surface area contributed by atoms with E-state index in [1.807, 2.05) is 31.2 Å². The molecule has 2 aromatic carbocycles. The Labute approximate surface area is 121 Å². The summed E-state index contributed by atoms with van der Waals surface area (Å²) in [5.41, 5.74) is 7.05. The number of nitrogens with one attached hydrogen (secondary N) is 1. The third kappa shape index (κ3) is 3.78. The highest BCUT2D eigenvalue weighted by atomic mass is 19.1. The van der Waals surface area contributed by atoms with E-state index >= 15 is 0 Å². The van der Waals surface area contributed by atoms with Gasteiger partial charge in [-0.15, -0.1) is 0 Å². The van der Waals surface area contributed by atoms with E-state index in [4.69, 9.17) is 5.73 Å². The van der Waals surface area contributed by atoms with Crippen LogP contribution in [0.1, 0.15) is 21.5 Å². The van der Waals surface area contributed by atoms with Gasteiger partial charge in [0, 0.05) is 12.6 Å². The van der Waals surface area contributed by atoms with Gasteiger partial charge in [-0.05, 0) is 25.0 Å². The molecule has 2 aromatic rings. The molecule has 0 unspecified atom stereocenters. The van der Waals surface area contributed by atoms with Crippen LogP contribution in [-0.2, 0) is 6.42 Å². The maximum absolute atomic E-state index is 13.5. The van der Waals surface area contributed by atoms with Crippen LogP contribution in [0.25, 0.3) is 0 Å². The first-order valence-electron chi connectivity index (χ1n) is 6.55. The molecule has 1 amide bonds. The number of benzene rings is 2. The van der Waals surface area contributed by atoms with Crippen molar-refractivity contribution in [2.45, 2.75) is 13.3 Å². The van der Waals surface area contributed by atoms with Gasteiger partial charge in [0.05, 0.1) is 11.3 Å². The smallest absolute Gasteiger partial charge is 0.254 e. The van der Waals surface area contributed by atoms with Crippen molar-refractivity contribution in [3.05, 3.63) is 64.7 Å². The number of amides is 1. The second-order valence-electron chi connectivity index (χ2n) is 4.85. The number of halogens is 2. The van der Waals surface area contributed by atoms with E-state index in [1.54, 1.807) is 0 Å². The fourth-order valence-corrected chi connectivity index (χ4v) is 2.02. The third-order valence-corrected chi connectivity index (χ3v) is 3.11. The molecular formula is C16H16F2N2O. The molecule has 5 heteroatoms. The Morgan fingerprint density at radius 3 is 2.67 bits per heavy atom. The molecule has 0 saturated carbocycles. The Morgan fingerprint density at radius 2 is 1.95 bits per heavy atom. The summed E-state index contributed by atoms with van der Waals surface area (Å²) in [7, 11) is 0. The van der Waals surface area contributed by atoms with Crippen LogP contribution in [0.4, 0.5) is 14.5 Å². The zero-order valence-corrected chi connectivity index (χ0v) is 11.6. The topological polar surface area (TPSA) is 55.1 Å².